The summed E-state index contributed by atoms with van der Waals surface area (Å²) >= 11 is 1.68. The summed E-state index contributed by atoms with van der Waals surface area (Å²) in [5.74, 6) is 1.45. The van der Waals surface area contributed by atoms with Crippen molar-refractivity contribution in [2.45, 2.75) is 39.8 Å². The van der Waals surface area contributed by atoms with E-state index in [4.69, 9.17) is 4.74 Å². The van der Waals surface area contributed by atoms with Crippen molar-refractivity contribution in [1.29, 1.82) is 0 Å². The van der Waals surface area contributed by atoms with E-state index in [1.807, 2.05) is 12.1 Å². The fourth-order valence-electron chi connectivity index (χ4n) is 1.83. The van der Waals surface area contributed by atoms with Crippen LogP contribution in [0, 0.1) is 0 Å². The number of rotatable bonds is 7. The molecule has 1 aromatic carbocycles. The van der Waals surface area contributed by atoms with Gasteiger partial charge in [0.2, 0.25) is 0 Å². The molecule has 0 fully saturated rings. The first-order chi connectivity index (χ1) is 9.69. The van der Waals surface area contributed by atoms with Crippen molar-refractivity contribution >= 4 is 11.3 Å². The minimum absolute atomic E-state index is 0.531. The lowest BCUT2D eigenvalue weighted by atomic mass is 10.0. The number of nitrogens with zero attached hydrogens (tertiary/aromatic N) is 1. The Morgan fingerprint density at radius 3 is 2.65 bits per heavy atom. The van der Waals surface area contributed by atoms with Crippen LogP contribution in [0.5, 0.6) is 5.75 Å². The summed E-state index contributed by atoms with van der Waals surface area (Å²) in [6, 6.07) is 8.30. The van der Waals surface area contributed by atoms with Crippen LogP contribution < -0.4 is 10.1 Å². The van der Waals surface area contributed by atoms with Gasteiger partial charge in [0.25, 0.3) is 0 Å². The van der Waals surface area contributed by atoms with Crippen molar-refractivity contribution in [3.05, 3.63) is 45.9 Å². The zero-order valence-electron chi connectivity index (χ0n) is 12.3. The predicted molar refractivity (Wildman–Crippen MR) is 84.4 cm³/mol. The molecule has 0 aliphatic rings. The summed E-state index contributed by atoms with van der Waals surface area (Å²) in [5, 5.41) is 6.45. The van der Waals surface area contributed by atoms with Crippen LogP contribution in [-0.4, -0.2) is 11.5 Å². The molecule has 20 heavy (non-hydrogen) atoms. The first-order valence-corrected chi connectivity index (χ1v) is 7.93. The molecule has 0 spiro atoms. The molecule has 0 atom stereocenters. The van der Waals surface area contributed by atoms with Gasteiger partial charge in [0, 0.05) is 11.9 Å². The number of nitrogens with one attached hydrogen (secondary N) is 1. The van der Waals surface area contributed by atoms with E-state index >= 15 is 0 Å². The topological polar surface area (TPSA) is 34.2 Å². The second-order valence-electron chi connectivity index (χ2n) is 5.03. The predicted octanol–water partition coefficient (Wildman–Crippen LogP) is 3.96. The van der Waals surface area contributed by atoms with Crippen LogP contribution in [0.3, 0.4) is 0 Å². The first kappa shape index (κ1) is 15.0. The fraction of sp³-hybridized carbons (Fsp3) is 0.438. The average Bonchev–Trinajstić information content (AvgIpc) is 2.91. The third-order valence-electron chi connectivity index (χ3n) is 3.06. The number of hydrogen-bond donors (Lipinski definition) is 1. The normalized spacial score (nSPS) is 11.0. The minimum Gasteiger partial charge on any atom is -0.487 e. The summed E-state index contributed by atoms with van der Waals surface area (Å²) in [4.78, 5) is 4.54. The van der Waals surface area contributed by atoms with Gasteiger partial charge in [-0.15, -0.1) is 11.3 Å². The summed E-state index contributed by atoms with van der Waals surface area (Å²) in [6.45, 7) is 8.81. The molecule has 0 radical (unpaired) electrons. The molecule has 1 heterocycles. The van der Waals surface area contributed by atoms with E-state index in [1.165, 1.54) is 5.56 Å². The van der Waals surface area contributed by atoms with Crippen molar-refractivity contribution in [2.24, 2.45) is 0 Å². The highest BCUT2D eigenvalue weighted by atomic mass is 32.1. The van der Waals surface area contributed by atoms with Gasteiger partial charge in [-0.25, -0.2) is 4.98 Å². The number of ether oxygens (including phenoxy) is 1. The quantitative estimate of drug-likeness (QED) is 0.838. The van der Waals surface area contributed by atoms with Crippen LogP contribution in [0.25, 0.3) is 0 Å². The maximum absolute atomic E-state index is 5.77. The van der Waals surface area contributed by atoms with Crippen LogP contribution in [0.1, 0.15) is 43.0 Å². The standard InChI is InChI=1S/C16H22N2OS/c1-4-17-9-16-18-14(11-20-16)10-19-15-7-5-13(6-8-15)12(2)3/h5-8,11-12,17H,4,9-10H2,1-3H3. The number of benzene rings is 1. The molecule has 0 amide bonds. The third kappa shape index (κ3) is 4.32. The molecule has 0 aliphatic heterocycles. The van der Waals surface area contributed by atoms with E-state index < -0.39 is 0 Å². The highest BCUT2D eigenvalue weighted by Crippen LogP contribution is 2.19. The number of hydrogen-bond acceptors (Lipinski definition) is 4. The lowest BCUT2D eigenvalue weighted by molar-refractivity contribution is 0.301. The van der Waals surface area contributed by atoms with Crippen molar-refractivity contribution in [3.63, 3.8) is 0 Å². The van der Waals surface area contributed by atoms with Crippen LogP contribution in [0.2, 0.25) is 0 Å². The zero-order chi connectivity index (χ0) is 14.4. The summed E-state index contributed by atoms with van der Waals surface area (Å²) < 4.78 is 5.77. The van der Waals surface area contributed by atoms with Crippen molar-refractivity contribution in [1.82, 2.24) is 10.3 Å². The molecule has 2 aromatic rings. The van der Waals surface area contributed by atoms with E-state index in [9.17, 15) is 0 Å². The second kappa shape index (κ2) is 7.41. The molecular weight excluding hydrogens is 268 g/mol. The Morgan fingerprint density at radius 2 is 2.00 bits per heavy atom. The lowest BCUT2D eigenvalue weighted by Crippen LogP contribution is -2.11. The van der Waals surface area contributed by atoms with E-state index in [0.29, 0.717) is 12.5 Å². The van der Waals surface area contributed by atoms with Gasteiger partial charge >= 0.3 is 0 Å². The Hall–Kier alpha value is -1.39. The SMILES string of the molecule is CCNCc1nc(COc2ccc(C(C)C)cc2)cs1. The number of aromatic nitrogens is 1. The van der Waals surface area contributed by atoms with Gasteiger partial charge in [-0.1, -0.05) is 32.9 Å². The van der Waals surface area contributed by atoms with Crippen molar-refractivity contribution in [3.8, 4) is 5.75 Å². The van der Waals surface area contributed by atoms with E-state index in [0.717, 1.165) is 29.5 Å². The van der Waals surface area contributed by atoms with Crippen molar-refractivity contribution in [2.75, 3.05) is 6.54 Å². The van der Waals surface area contributed by atoms with Crippen molar-refractivity contribution < 1.29 is 4.74 Å². The van der Waals surface area contributed by atoms with E-state index in [1.54, 1.807) is 11.3 Å². The highest BCUT2D eigenvalue weighted by molar-refractivity contribution is 7.09. The molecule has 0 saturated carbocycles. The fourth-order valence-corrected chi connectivity index (χ4v) is 2.58. The van der Waals surface area contributed by atoms with E-state index in [-0.39, 0.29) is 0 Å². The first-order valence-electron chi connectivity index (χ1n) is 7.05. The molecule has 0 bridgehead atoms. The molecule has 108 valence electrons. The molecule has 4 heteroatoms. The van der Waals surface area contributed by atoms with E-state index in [2.05, 4.69) is 48.6 Å². The molecule has 1 aromatic heterocycles. The maximum atomic E-state index is 5.77. The van der Waals surface area contributed by atoms with Crippen LogP contribution in [-0.2, 0) is 13.2 Å². The minimum atomic E-state index is 0.531. The van der Waals surface area contributed by atoms with Gasteiger partial charge in [0.15, 0.2) is 0 Å². The molecule has 2 rings (SSSR count). The maximum Gasteiger partial charge on any atom is 0.131 e. The molecule has 0 saturated heterocycles. The van der Waals surface area contributed by atoms with Crippen LogP contribution >= 0.6 is 11.3 Å². The summed E-state index contributed by atoms with van der Waals surface area (Å²) in [7, 11) is 0. The Balaban J connectivity index is 1.86. The van der Waals surface area contributed by atoms with Gasteiger partial charge in [-0.3, -0.25) is 0 Å². The molecule has 0 aliphatic carbocycles. The second-order valence-corrected chi connectivity index (χ2v) is 5.97. The van der Waals surface area contributed by atoms with Gasteiger partial charge in [-0.2, -0.15) is 0 Å². The third-order valence-corrected chi connectivity index (χ3v) is 3.96. The monoisotopic (exact) mass is 290 g/mol. The Labute approximate surface area is 125 Å². The smallest absolute Gasteiger partial charge is 0.131 e. The number of thiazole rings is 1. The Bertz CT molecular complexity index is 520. The average molecular weight is 290 g/mol. The molecule has 0 unspecified atom stereocenters. The Kier molecular flexibility index (Phi) is 5.56. The largest absolute Gasteiger partial charge is 0.487 e. The lowest BCUT2D eigenvalue weighted by Gasteiger charge is -2.07. The van der Waals surface area contributed by atoms with Crippen LogP contribution in [0.15, 0.2) is 29.6 Å². The Morgan fingerprint density at radius 1 is 1.25 bits per heavy atom. The van der Waals surface area contributed by atoms with Gasteiger partial charge < -0.3 is 10.1 Å². The van der Waals surface area contributed by atoms with Gasteiger partial charge in [0.1, 0.15) is 17.4 Å². The summed E-state index contributed by atoms with van der Waals surface area (Å²) in [6.07, 6.45) is 0. The van der Waals surface area contributed by atoms with Crippen LogP contribution in [0.4, 0.5) is 0 Å². The zero-order valence-corrected chi connectivity index (χ0v) is 13.2. The van der Waals surface area contributed by atoms with Gasteiger partial charge in [-0.05, 0) is 30.2 Å². The highest BCUT2D eigenvalue weighted by Gasteiger charge is 2.03. The molecule has 1 N–H and O–H groups in total. The van der Waals surface area contributed by atoms with Gasteiger partial charge in [0.05, 0.1) is 5.69 Å². The molecule has 3 nitrogen and oxygen atoms in total. The molecular formula is C16H22N2OS. The summed E-state index contributed by atoms with van der Waals surface area (Å²) in [5.41, 5.74) is 2.33.